The van der Waals surface area contributed by atoms with E-state index in [1.54, 1.807) is 24.3 Å². The van der Waals surface area contributed by atoms with Gasteiger partial charge < -0.3 is 0 Å². The zero-order chi connectivity index (χ0) is 13.1. The minimum Gasteiger partial charge on any atom is -0.298 e. The molecule has 0 heterocycles. The Morgan fingerprint density at radius 2 is 1.56 bits per heavy atom. The summed E-state index contributed by atoms with van der Waals surface area (Å²) in [4.78, 5) is 22.9. The molecule has 2 aromatic rings. The monoisotopic (exact) mass is 278 g/mol. The lowest BCUT2D eigenvalue weighted by Crippen LogP contribution is -2.03. The first-order valence-electron chi connectivity index (χ1n) is 5.17. The van der Waals surface area contributed by atoms with E-state index in [1.165, 1.54) is 12.1 Å². The Bertz CT molecular complexity index is 583. The van der Waals surface area contributed by atoms with Crippen LogP contribution < -0.4 is 0 Å². The Morgan fingerprint density at radius 3 is 2.06 bits per heavy atom. The minimum absolute atomic E-state index is 0.179. The Kier molecular flexibility index (Phi) is 3.80. The predicted molar refractivity (Wildman–Crippen MR) is 71.7 cm³/mol. The lowest BCUT2D eigenvalue weighted by atomic mass is 10.0. The molecular weight excluding hydrogens is 271 g/mol. The van der Waals surface area contributed by atoms with Crippen molar-refractivity contribution in [2.45, 2.75) is 0 Å². The molecule has 2 aromatic carbocycles. The third-order valence-electron chi connectivity index (χ3n) is 2.46. The second kappa shape index (κ2) is 5.34. The lowest BCUT2D eigenvalue weighted by Gasteiger charge is -2.07. The maximum Gasteiger partial charge on any atom is 0.196 e. The van der Waals surface area contributed by atoms with E-state index in [1.807, 2.05) is 6.07 Å². The van der Waals surface area contributed by atoms with Crippen molar-refractivity contribution >= 4 is 35.3 Å². The molecule has 0 saturated carbocycles. The van der Waals surface area contributed by atoms with Gasteiger partial charge in [-0.1, -0.05) is 53.5 Å². The summed E-state index contributed by atoms with van der Waals surface area (Å²) < 4.78 is 0. The van der Waals surface area contributed by atoms with Crippen molar-refractivity contribution in [2.24, 2.45) is 0 Å². The molecule has 18 heavy (non-hydrogen) atoms. The largest absolute Gasteiger partial charge is 0.298 e. The van der Waals surface area contributed by atoms with Gasteiger partial charge in [0.1, 0.15) is 6.29 Å². The molecule has 0 radical (unpaired) electrons. The number of carbonyl (C=O) groups excluding carboxylic acids is 2. The normalized spacial score (nSPS) is 10.1. The van der Waals surface area contributed by atoms with E-state index in [-0.39, 0.29) is 21.4 Å². The first-order valence-corrected chi connectivity index (χ1v) is 5.93. The van der Waals surface area contributed by atoms with Crippen molar-refractivity contribution in [3.63, 3.8) is 0 Å². The smallest absolute Gasteiger partial charge is 0.196 e. The molecule has 2 nitrogen and oxygen atoms in total. The highest BCUT2D eigenvalue weighted by molar-refractivity contribution is 6.41. The first-order chi connectivity index (χ1) is 8.63. The molecule has 0 aliphatic heterocycles. The van der Waals surface area contributed by atoms with Gasteiger partial charge in [0.15, 0.2) is 5.78 Å². The quantitative estimate of drug-likeness (QED) is 0.627. The second-order valence-electron chi connectivity index (χ2n) is 3.67. The number of hydrogen-bond donors (Lipinski definition) is 0. The van der Waals surface area contributed by atoms with Crippen LogP contribution in [-0.4, -0.2) is 12.1 Å². The van der Waals surface area contributed by atoms with Crippen molar-refractivity contribution in [2.75, 3.05) is 0 Å². The third kappa shape index (κ3) is 2.45. The molecule has 0 amide bonds. The molecule has 0 saturated heterocycles. The summed E-state index contributed by atoms with van der Waals surface area (Å²) in [6, 6.07) is 11.6. The molecule has 0 atom stereocenters. The number of benzene rings is 2. The van der Waals surface area contributed by atoms with Crippen LogP contribution in [0.4, 0.5) is 0 Å². The summed E-state index contributed by atoms with van der Waals surface area (Å²) in [6.45, 7) is 0. The summed E-state index contributed by atoms with van der Waals surface area (Å²) in [6.07, 6.45) is 0.633. The van der Waals surface area contributed by atoms with Gasteiger partial charge in [0.2, 0.25) is 0 Å². The number of hydrogen-bond acceptors (Lipinski definition) is 2. The van der Waals surface area contributed by atoms with Crippen LogP contribution >= 0.6 is 23.2 Å². The van der Waals surface area contributed by atoms with E-state index >= 15 is 0 Å². The molecule has 0 unspecified atom stereocenters. The SMILES string of the molecule is O=Cc1cc(Cl)c(C(=O)c2ccccc2)c(Cl)c1. The van der Waals surface area contributed by atoms with Crippen LogP contribution in [0.15, 0.2) is 42.5 Å². The maximum atomic E-state index is 12.2. The highest BCUT2D eigenvalue weighted by atomic mass is 35.5. The number of carbonyl (C=O) groups is 2. The summed E-state index contributed by atoms with van der Waals surface area (Å²) >= 11 is 12.0. The lowest BCUT2D eigenvalue weighted by molar-refractivity contribution is 0.103. The van der Waals surface area contributed by atoms with Gasteiger partial charge in [0, 0.05) is 11.1 Å². The predicted octanol–water partition coefficient (Wildman–Crippen LogP) is 4.04. The Labute approximate surface area is 114 Å². The number of rotatable bonds is 3. The van der Waals surface area contributed by atoms with Crippen LogP contribution in [0.1, 0.15) is 26.3 Å². The molecule has 2 rings (SSSR count). The summed E-state index contributed by atoms with van der Waals surface area (Å²) in [5, 5.41) is 0.358. The van der Waals surface area contributed by atoms with Crippen molar-refractivity contribution in [1.82, 2.24) is 0 Å². The van der Waals surface area contributed by atoms with Gasteiger partial charge in [-0.15, -0.1) is 0 Å². The average Bonchev–Trinajstić information content (AvgIpc) is 2.38. The molecule has 0 spiro atoms. The van der Waals surface area contributed by atoms with Crippen molar-refractivity contribution < 1.29 is 9.59 Å². The molecule has 4 heteroatoms. The molecule has 0 N–H and O–H groups in total. The second-order valence-corrected chi connectivity index (χ2v) is 4.49. The molecule has 90 valence electrons. The van der Waals surface area contributed by atoms with Crippen LogP contribution in [0.5, 0.6) is 0 Å². The Hall–Kier alpha value is -1.64. The molecule has 0 aromatic heterocycles. The van der Waals surface area contributed by atoms with E-state index < -0.39 is 0 Å². The van der Waals surface area contributed by atoms with Gasteiger partial charge in [-0.05, 0) is 12.1 Å². The van der Waals surface area contributed by atoms with E-state index in [4.69, 9.17) is 23.2 Å². The van der Waals surface area contributed by atoms with Gasteiger partial charge in [-0.2, -0.15) is 0 Å². The van der Waals surface area contributed by atoms with E-state index in [9.17, 15) is 9.59 Å². The fraction of sp³-hybridized carbons (Fsp3) is 0. The van der Waals surface area contributed by atoms with Crippen molar-refractivity contribution in [1.29, 1.82) is 0 Å². The highest BCUT2D eigenvalue weighted by Gasteiger charge is 2.17. The number of halogens is 2. The highest BCUT2D eigenvalue weighted by Crippen LogP contribution is 2.28. The molecule has 0 bridgehead atoms. The van der Waals surface area contributed by atoms with Crippen LogP contribution in [0.2, 0.25) is 10.0 Å². The van der Waals surface area contributed by atoms with Gasteiger partial charge in [0.05, 0.1) is 15.6 Å². The van der Waals surface area contributed by atoms with Gasteiger partial charge >= 0.3 is 0 Å². The topological polar surface area (TPSA) is 34.1 Å². The first kappa shape index (κ1) is 12.8. The standard InChI is InChI=1S/C14H8Cl2O2/c15-11-6-9(8-17)7-12(16)13(11)14(18)10-4-2-1-3-5-10/h1-8H. The number of ketones is 1. The molecular formula is C14H8Cl2O2. The van der Waals surface area contributed by atoms with Crippen molar-refractivity contribution in [3.05, 3.63) is 69.2 Å². The molecule has 0 aliphatic rings. The van der Waals surface area contributed by atoms with E-state index in [0.29, 0.717) is 17.4 Å². The van der Waals surface area contributed by atoms with Crippen molar-refractivity contribution in [3.8, 4) is 0 Å². The van der Waals surface area contributed by atoms with Crippen LogP contribution in [0, 0.1) is 0 Å². The summed E-state index contributed by atoms with van der Waals surface area (Å²) in [5.74, 6) is -0.261. The fourth-order valence-electron chi connectivity index (χ4n) is 1.61. The average molecular weight is 279 g/mol. The van der Waals surface area contributed by atoms with Crippen LogP contribution in [0.3, 0.4) is 0 Å². The van der Waals surface area contributed by atoms with Gasteiger partial charge in [-0.3, -0.25) is 9.59 Å². The Balaban J connectivity index is 2.52. The molecule has 0 aliphatic carbocycles. The molecule has 0 fully saturated rings. The number of aldehydes is 1. The van der Waals surface area contributed by atoms with E-state index in [0.717, 1.165) is 0 Å². The van der Waals surface area contributed by atoms with Gasteiger partial charge in [0.25, 0.3) is 0 Å². The van der Waals surface area contributed by atoms with Gasteiger partial charge in [-0.25, -0.2) is 0 Å². The Morgan fingerprint density at radius 1 is 1.00 bits per heavy atom. The van der Waals surface area contributed by atoms with E-state index in [2.05, 4.69) is 0 Å². The third-order valence-corrected chi connectivity index (χ3v) is 3.06. The zero-order valence-electron chi connectivity index (χ0n) is 9.19. The summed E-state index contributed by atoms with van der Waals surface area (Å²) in [5.41, 5.74) is 1.06. The van der Waals surface area contributed by atoms with Crippen LogP contribution in [0.25, 0.3) is 0 Å². The maximum absolute atomic E-state index is 12.2. The minimum atomic E-state index is -0.261. The van der Waals surface area contributed by atoms with Crippen LogP contribution in [-0.2, 0) is 0 Å². The zero-order valence-corrected chi connectivity index (χ0v) is 10.7. The summed E-state index contributed by atoms with van der Waals surface area (Å²) in [7, 11) is 0. The fourth-order valence-corrected chi connectivity index (χ4v) is 2.29.